The van der Waals surface area contributed by atoms with E-state index in [1.165, 1.54) is 16.7 Å². The van der Waals surface area contributed by atoms with Gasteiger partial charge in [-0.05, 0) is 60.2 Å². The molecule has 2 heterocycles. The summed E-state index contributed by atoms with van der Waals surface area (Å²) in [4.78, 5) is 17.8. The van der Waals surface area contributed by atoms with Crippen molar-refractivity contribution >= 4 is 22.6 Å². The third-order valence-corrected chi connectivity index (χ3v) is 7.41. The Morgan fingerprint density at radius 2 is 1.79 bits per heavy atom. The number of hydrazine groups is 1. The molecule has 0 spiro atoms. The van der Waals surface area contributed by atoms with E-state index >= 15 is 0 Å². The highest BCUT2D eigenvalue weighted by molar-refractivity contribution is 5.95. The van der Waals surface area contributed by atoms with E-state index in [1.807, 2.05) is 24.3 Å². The molecule has 34 heavy (non-hydrogen) atoms. The van der Waals surface area contributed by atoms with Gasteiger partial charge >= 0.3 is 0 Å². The SMILES string of the molecule is Cn1c(CCc2ccc(NC(=O)C3NNC4c5ccccc5CCC34)cc2)nc2ccccc21. The minimum atomic E-state index is -0.240. The van der Waals surface area contributed by atoms with Crippen LogP contribution in [0.1, 0.15) is 35.0 Å². The number of nitrogens with zero attached hydrogens (tertiary/aromatic N) is 2. The zero-order valence-corrected chi connectivity index (χ0v) is 19.3. The van der Waals surface area contributed by atoms with Gasteiger partial charge in [-0.25, -0.2) is 15.8 Å². The van der Waals surface area contributed by atoms with E-state index in [2.05, 4.69) is 76.3 Å². The van der Waals surface area contributed by atoms with Crippen molar-refractivity contribution in [2.24, 2.45) is 13.0 Å². The number of aromatic nitrogens is 2. The Kier molecular flexibility index (Phi) is 5.40. The minimum Gasteiger partial charge on any atom is -0.331 e. The van der Waals surface area contributed by atoms with Crippen molar-refractivity contribution in [3.8, 4) is 0 Å². The van der Waals surface area contributed by atoms with E-state index < -0.39 is 0 Å². The lowest BCUT2D eigenvalue weighted by atomic mass is 9.77. The first-order valence-electron chi connectivity index (χ1n) is 12.1. The molecule has 1 saturated heterocycles. The molecule has 3 aromatic carbocycles. The van der Waals surface area contributed by atoms with Gasteiger partial charge in [0.05, 0.1) is 17.1 Å². The largest absolute Gasteiger partial charge is 0.331 e. The number of para-hydroxylation sites is 2. The number of nitrogens with one attached hydrogen (secondary N) is 3. The molecule has 3 atom stereocenters. The predicted octanol–water partition coefficient (Wildman–Crippen LogP) is 4.08. The van der Waals surface area contributed by atoms with E-state index in [0.717, 1.165) is 48.2 Å². The lowest BCUT2D eigenvalue weighted by molar-refractivity contribution is -0.118. The van der Waals surface area contributed by atoms with E-state index in [1.54, 1.807) is 0 Å². The molecule has 6 nitrogen and oxygen atoms in total. The zero-order chi connectivity index (χ0) is 23.1. The molecule has 1 aliphatic heterocycles. The maximum atomic E-state index is 13.1. The normalized spacial score (nSPS) is 21.3. The van der Waals surface area contributed by atoms with Gasteiger partial charge in [0.15, 0.2) is 0 Å². The number of imidazole rings is 1. The fourth-order valence-corrected chi connectivity index (χ4v) is 5.53. The van der Waals surface area contributed by atoms with Crippen LogP contribution >= 0.6 is 0 Å². The summed E-state index contributed by atoms with van der Waals surface area (Å²) in [6.07, 6.45) is 3.80. The van der Waals surface area contributed by atoms with Crippen molar-refractivity contribution in [3.05, 3.63) is 95.3 Å². The molecule has 172 valence electrons. The topological polar surface area (TPSA) is 71.0 Å². The summed E-state index contributed by atoms with van der Waals surface area (Å²) >= 11 is 0. The first kappa shape index (κ1) is 21.1. The molecular weight excluding hydrogens is 422 g/mol. The summed E-state index contributed by atoms with van der Waals surface area (Å²) in [5.41, 5.74) is 13.6. The van der Waals surface area contributed by atoms with Gasteiger partial charge < -0.3 is 9.88 Å². The Morgan fingerprint density at radius 3 is 2.65 bits per heavy atom. The molecule has 1 aliphatic carbocycles. The van der Waals surface area contributed by atoms with Crippen molar-refractivity contribution in [1.29, 1.82) is 0 Å². The Morgan fingerprint density at radius 1 is 1.00 bits per heavy atom. The van der Waals surface area contributed by atoms with Crippen LogP contribution in [0.4, 0.5) is 5.69 Å². The molecule has 1 aromatic heterocycles. The maximum absolute atomic E-state index is 13.1. The summed E-state index contributed by atoms with van der Waals surface area (Å²) in [6.45, 7) is 0. The average Bonchev–Trinajstić information content (AvgIpc) is 3.45. The monoisotopic (exact) mass is 451 g/mol. The molecule has 0 radical (unpaired) electrons. The molecule has 3 N–H and O–H groups in total. The Hall–Kier alpha value is -3.48. The van der Waals surface area contributed by atoms with Gasteiger partial charge in [0, 0.05) is 25.1 Å². The van der Waals surface area contributed by atoms with Gasteiger partial charge in [-0.1, -0.05) is 48.5 Å². The highest BCUT2D eigenvalue weighted by Gasteiger charge is 2.43. The molecule has 3 unspecified atom stereocenters. The molecule has 1 fully saturated rings. The van der Waals surface area contributed by atoms with Crippen LogP contribution in [0.2, 0.25) is 0 Å². The van der Waals surface area contributed by atoms with Crippen molar-refractivity contribution in [1.82, 2.24) is 20.4 Å². The molecule has 4 aromatic rings. The fraction of sp³-hybridized carbons (Fsp3) is 0.286. The van der Waals surface area contributed by atoms with E-state index in [9.17, 15) is 4.79 Å². The number of rotatable bonds is 5. The van der Waals surface area contributed by atoms with E-state index in [0.29, 0.717) is 0 Å². The fourth-order valence-electron chi connectivity index (χ4n) is 5.53. The van der Waals surface area contributed by atoms with Crippen molar-refractivity contribution in [3.63, 3.8) is 0 Å². The standard InChI is InChI=1S/C28H29N5O/c1-33-24-9-5-4-8-23(24)30-25(33)17-12-18-10-14-20(15-11-18)29-28(34)27-22-16-13-19-6-2-3-7-21(19)26(22)31-32-27/h2-11,14-15,22,26-27,31-32H,12-13,16-17H2,1H3,(H,29,34). The van der Waals surface area contributed by atoms with Gasteiger partial charge in [-0.15, -0.1) is 0 Å². The second kappa shape index (κ2) is 8.70. The van der Waals surface area contributed by atoms with Gasteiger partial charge in [0.2, 0.25) is 5.91 Å². The number of benzene rings is 3. The van der Waals surface area contributed by atoms with Crippen molar-refractivity contribution < 1.29 is 4.79 Å². The summed E-state index contributed by atoms with van der Waals surface area (Å²) in [5.74, 6) is 1.36. The van der Waals surface area contributed by atoms with Gasteiger partial charge in [-0.3, -0.25) is 4.79 Å². The molecule has 1 amide bonds. The first-order valence-corrected chi connectivity index (χ1v) is 12.1. The summed E-state index contributed by atoms with van der Waals surface area (Å²) in [7, 11) is 2.07. The second-order valence-electron chi connectivity index (χ2n) is 9.41. The number of carbonyl (C=O) groups excluding carboxylic acids is 1. The number of fused-ring (bicyclic) bond motifs is 4. The van der Waals surface area contributed by atoms with Crippen molar-refractivity contribution in [2.75, 3.05) is 5.32 Å². The molecule has 2 aliphatic rings. The van der Waals surface area contributed by atoms with Crippen LogP contribution in [-0.4, -0.2) is 21.5 Å². The smallest absolute Gasteiger partial charge is 0.243 e. The third-order valence-electron chi connectivity index (χ3n) is 7.41. The summed E-state index contributed by atoms with van der Waals surface area (Å²) in [6, 6.07) is 24.9. The number of anilines is 1. The lowest BCUT2D eigenvalue weighted by Crippen LogP contribution is -2.42. The Bertz CT molecular complexity index is 1340. The summed E-state index contributed by atoms with van der Waals surface area (Å²) < 4.78 is 2.17. The number of hydrogen-bond donors (Lipinski definition) is 3. The predicted molar refractivity (Wildman–Crippen MR) is 134 cm³/mol. The minimum absolute atomic E-state index is 0.0202. The Balaban J connectivity index is 1.08. The molecule has 0 saturated carbocycles. The number of aryl methyl sites for hydroxylation is 4. The average molecular weight is 452 g/mol. The van der Waals surface area contributed by atoms with Crippen LogP contribution in [0.15, 0.2) is 72.8 Å². The van der Waals surface area contributed by atoms with Crippen LogP contribution in [0.5, 0.6) is 0 Å². The summed E-state index contributed by atoms with van der Waals surface area (Å²) in [5, 5.41) is 3.11. The molecule has 6 rings (SSSR count). The van der Waals surface area contributed by atoms with Crippen LogP contribution in [0.3, 0.4) is 0 Å². The van der Waals surface area contributed by atoms with Crippen molar-refractivity contribution in [2.45, 2.75) is 37.8 Å². The van der Waals surface area contributed by atoms with Crippen LogP contribution < -0.4 is 16.2 Å². The first-order chi connectivity index (χ1) is 16.7. The van der Waals surface area contributed by atoms with Crippen LogP contribution in [0, 0.1) is 5.92 Å². The van der Waals surface area contributed by atoms with Gasteiger partial charge in [0.25, 0.3) is 0 Å². The van der Waals surface area contributed by atoms with Crippen LogP contribution in [0.25, 0.3) is 11.0 Å². The number of carbonyl (C=O) groups is 1. The Labute approximate surface area is 199 Å². The van der Waals surface area contributed by atoms with E-state index in [-0.39, 0.29) is 23.9 Å². The molecule has 6 heteroatoms. The number of hydrogen-bond acceptors (Lipinski definition) is 4. The highest BCUT2D eigenvalue weighted by atomic mass is 16.2. The highest BCUT2D eigenvalue weighted by Crippen LogP contribution is 2.39. The quantitative estimate of drug-likeness (QED) is 0.428. The molecular formula is C28H29N5O. The zero-order valence-electron chi connectivity index (χ0n) is 19.3. The second-order valence-corrected chi connectivity index (χ2v) is 9.41. The van der Waals surface area contributed by atoms with E-state index in [4.69, 9.17) is 4.98 Å². The van der Waals surface area contributed by atoms with Gasteiger partial charge in [0.1, 0.15) is 11.9 Å². The maximum Gasteiger partial charge on any atom is 0.243 e. The third kappa shape index (κ3) is 3.79. The lowest BCUT2D eigenvalue weighted by Gasteiger charge is -2.29. The van der Waals surface area contributed by atoms with Gasteiger partial charge in [-0.2, -0.15) is 0 Å². The molecule has 0 bridgehead atoms. The number of amides is 1. The van der Waals surface area contributed by atoms with Crippen LogP contribution in [-0.2, 0) is 31.1 Å².